The van der Waals surface area contributed by atoms with Gasteiger partial charge in [0.25, 0.3) is 0 Å². The number of rotatable bonds is 4. The van der Waals surface area contributed by atoms with E-state index in [2.05, 4.69) is 21.9 Å². The van der Waals surface area contributed by atoms with Crippen molar-refractivity contribution in [3.63, 3.8) is 0 Å². The van der Waals surface area contributed by atoms with E-state index >= 15 is 0 Å². The van der Waals surface area contributed by atoms with Crippen LogP contribution in [0.4, 0.5) is 5.82 Å². The molecule has 1 N–H and O–H groups in total. The van der Waals surface area contributed by atoms with Gasteiger partial charge in [0.05, 0.1) is 19.0 Å². The summed E-state index contributed by atoms with van der Waals surface area (Å²) < 4.78 is 7.72. The first kappa shape index (κ1) is 13.3. The van der Waals surface area contributed by atoms with Gasteiger partial charge in [-0.15, -0.1) is 0 Å². The van der Waals surface area contributed by atoms with Crippen LogP contribution in [0, 0.1) is 0 Å². The lowest BCUT2D eigenvalue weighted by molar-refractivity contribution is -0.0207. The van der Waals surface area contributed by atoms with E-state index in [1.807, 2.05) is 16.5 Å². The van der Waals surface area contributed by atoms with Crippen LogP contribution < -0.4 is 4.90 Å². The van der Waals surface area contributed by atoms with Crippen molar-refractivity contribution in [3.05, 3.63) is 12.7 Å². The minimum absolute atomic E-state index is 0.0575. The second kappa shape index (κ2) is 5.34. The second-order valence-corrected chi connectivity index (χ2v) is 5.01. The SMILES string of the molecule is CCN(C)c1ncnc2c1ncn2C1CCC(CO)O1. The molecule has 0 radical (unpaired) electrons. The van der Waals surface area contributed by atoms with Gasteiger partial charge < -0.3 is 14.7 Å². The van der Waals surface area contributed by atoms with Crippen LogP contribution in [0.5, 0.6) is 0 Å². The Morgan fingerprint density at radius 1 is 1.40 bits per heavy atom. The van der Waals surface area contributed by atoms with E-state index in [0.717, 1.165) is 36.4 Å². The molecule has 108 valence electrons. The van der Waals surface area contributed by atoms with Gasteiger partial charge in [0.2, 0.25) is 0 Å². The summed E-state index contributed by atoms with van der Waals surface area (Å²) in [5.74, 6) is 0.827. The highest BCUT2D eigenvalue weighted by Crippen LogP contribution is 2.31. The van der Waals surface area contributed by atoms with E-state index in [-0.39, 0.29) is 18.9 Å². The zero-order valence-corrected chi connectivity index (χ0v) is 11.7. The third-order valence-corrected chi connectivity index (χ3v) is 3.77. The molecule has 0 aliphatic carbocycles. The van der Waals surface area contributed by atoms with E-state index in [9.17, 15) is 0 Å². The maximum absolute atomic E-state index is 9.16. The molecular weight excluding hydrogens is 258 g/mol. The van der Waals surface area contributed by atoms with Crippen molar-refractivity contribution < 1.29 is 9.84 Å². The van der Waals surface area contributed by atoms with Crippen LogP contribution in [0.25, 0.3) is 11.2 Å². The number of ether oxygens (including phenoxy) is 1. The molecule has 1 aliphatic heterocycles. The van der Waals surface area contributed by atoms with Crippen molar-refractivity contribution in [3.8, 4) is 0 Å². The highest BCUT2D eigenvalue weighted by Gasteiger charge is 2.27. The van der Waals surface area contributed by atoms with Crippen LogP contribution in [-0.2, 0) is 4.74 Å². The Balaban J connectivity index is 1.98. The Hall–Kier alpha value is -1.73. The molecule has 0 aromatic carbocycles. The molecule has 1 fully saturated rings. The number of hydrogen-bond acceptors (Lipinski definition) is 6. The number of aliphatic hydroxyl groups is 1. The quantitative estimate of drug-likeness (QED) is 0.896. The maximum Gasteiger partial charge on any atom is 0.167 e. The number of aliphatic hydroxyl groups excluding tert-OH is 1. The summed E-state index contributed by atoms with van der Waals surface area (Å²) in [4.78, 5) is 15.1. The molecule has 0 saturated carbocycles. The Labute approximate surface area is 117 Å². The van der Waals surface area contributed by atoms with Gasteiger partial charge >= 0.3 is 0 Å². The predicted molar refractivity (Wildman–Crippen MR) is 74.5 cm³/mol. The lowest BCUT2D eigenvalue weighted by Gasteiger charge is -2.16. The molecule has 3 heterocycles. The highest BCUT2D eigenvalue weighted by atomic mass is 16.5. The first-order valence-corrected chi connectivity index (χ1v) is 6.89. The van der Waals surface area contributed by atoms with Crippen LogP contribution in [0.1, 0.15) is 26.0 Å². The minimum atomic E-state index is -0.105. The molecule has 7 heteroatoms. The van der Waals surface area contributed by atoms with Gasteiger partial charge in [-0.2, -0.15) is 0 Å². The molecule has 1 saturated heterocycles. The summed E-state index contributed by atoms with van der Waals surface area (Å²) in [5, 5.41) is 9.16. The van der Waals surface area contributed by atoms with E-state index in [0.29, 0.717) is 0 Å². The summed E-state index contributed by atoms with van der Waals surface area (Å²) >= 11 is 0. The molecule has 1 aliphatic rings. The Morgan fingerprint density at radius 2 is 2.25 bits per heavy atom. The third-order valence-electron chi connectivity index (χ3n) is 3.77. The Bertz CT molecular complexity index is 599. The van der Waals surface area contributed by atoms with E-state index in [1.54, 1.807) is 12.7 Å². The largest absolute Gasteiger partial charge is 0.394 e. The number of nitrogens with zero attached hydrogens (tertiary/aromatic N) is 5. The number of hydrogen-bond donors (Lipinski definition) is 1. The second-order valence-electron chi connectivity index (χ2n) is 5.01. The monoisotopic (exact) mass is 277 g/mol. The van der Waals surface area contributed by atoms with Gasteiger partial charge in [-0.1, -0.05) is 0 Å². The van der Waals surface area contributed by atoms with E-state index in [4.69, 9.17) is 9.84 Å². The molecule has 2 aromatic heterocycles. The van der Waals surface area contributed by atoms with Gasteiger partial charge in [-0.05, 0) is 19.8 Å². The molecule has 2 unspecified atom stereocenters. The average molecular weight is 277 g/mol. The summed E-state index contributed by atoms with van der Waals surface area (Å²) in [6.07, 6.45) is 4.83. The number of fused-ring (bicyclic) bond motifs is 1. The van der Waals surface area contributed by atoms with Crippen molar-refractivity contribution in [2.75, 3.05) is 25.1 Å². The van der Waals surface area contributed by atoms with Gasteiger partial charge in [0, 0.05) is 13.6 Å². The molecule has 2 atom stereocenters. The van der Waals surface area contributed by atoms with Crippen LogP contribution in [-0.4, -0.2) is 50.9 Å². The van der Waals surface area contributed by atoms with Crippen LogP contribution in [0.3, 0.4) is 0 Å². The molecule has 7 nitrogen and oxygen atoms in total. The first-order chi connectivity index (χ1) is 9.74. The van der Waals surface area contributed by atoms with Crippen molar-refractivity contribution >= 4 is 17.0 Å². The zero-order chi connectivity index (χ0) is 14.1. The lowest BCUT2D eigenvalue weighted by Crippen LogP contribution is -2.18. The zero-order valence-electron chi connectivity index (χ0n) is 11.7. The smallest absolute Gasteiger partial charge is 0.167 e. The molecule has 3 rings (SSSR count). The van der Waals surface area contributed by atoms with Crippen molar-refractivity contribution in [2.45, 2.75) is 32.1 Å². The molecule has 0 bridgehead atoms. The fourth-order valence-electron chi connectivity index (χ4n) is 2.51. The molecule has 0 spiro atoms. The normalized spacial score (nSPS) is 22.6. The summed E-state index contributed by atoms with van der Waals surface area (Å²) in [5.41, 5.74) is 1.56. The number of anilines is 1. The van der Waals surface area contributed by atoms with E-state index < -0.39 is 0 Å². The van der Waals surface area contributed by atoms with Crippen LogP contribution >= 0.6 is 0 Å². The van der Waals surface area contributed by atoms with Crippen LogP contribution in [0.15, 0.2) is 12.7 Å². The minimum Gasteiger partial charge on any atom is -0.394 e. The summed E-state index contributed by atoms with van der Waals surface area (Å²) in [7, 11) is 1.98. The summed E-state index contributed by atoms with van der Waals surface area (Å²) in [6.45, 7) is 2.98. The van der Waals surface area contributed by atoms with Crippen molar-refractivity contribution in [1.29, 1.82) is 0 Å². The Kier molecular flexibility index (Phi) is 3.54. The number of aromatic nitrogens is 4. The third kappa shape index (κ3) is 2.12. The topological polar surface area (TPSA) is 76.3 Å². The van der Waals surface area contributed by atoms with Gasteiger partial charge in [-0.3, -0.25) is 4.57 Å². The first-order valence-electron chi connectivity index (χ1n) is 6.89. The fraction of sp³-hybridized carbons (Fsp3) is 0.615. The molecule has 20 heavy (non-hydrogen) atoms. The Morgan fingerprint density at radius 3 is 2.95 bits per heavy atom. The standard InChI is InChI=1S/C13H19N5O2/c1-3-17(2)12-11-13(15-7-14-12)18(8-16-11)10-5-4-9(6-19)20-10/h7-10,19H,3-6H2,1-2H3. The number of imidazole rings is 1. The predicted octanol–water partition coefficient (Wildman–Crippen LogP) is 0.952. The molecule has 0 amide bonds. The maximum atomic E-state index is 9.16. The van der Waals surface area contributed by atoms with E-state index in [1.165, 1.54) is 0 Å². The van der Waals surface area contributed by atoms with Crippen LogP contribution in [0.2, 0.25) is 0 Å². The fourth-order valence-corrected chi connectivity index (χ4v) is 2.51. The molecular formula is C13H19N5O2. The average Bonchev–Trinajstić information content (AvgIpc) is 3.11. The van der Waals surface area contributed by atoms with Crippen molar-refractivity contribution in [2.24, 2.45) is 0 Å². The van der Waals surface area contributed by atoms with Gasteiger partial charge in [-0.25, -0.2) is 15.0 Å². The van der Waals surface area contributed by atoms with Crippen molar-refractivity contribution in [1.82, 2.24) is 19.5 Å². The highest BCUT2D eigenvalue weighted by molar-refractivity contribution is 5.83. The molecule has 2 aromatic rings. The lowest BCUT2D eigenvalue weighted by atomic mass is 10.2. The van der Waals surface area contributed by atoms with Gasteiger partial charge in [0.15, 0.2) is 17.0 Å². The summed E-state index contributed by atoms with van der Waals surface area (Å²) in [6, 6.07) is 0. The van der Waals surface area contributed by atoms with Gasteiger partial charge in [0.1, 0.15) is 12.6 Å².